The Bertz CT molecular complexity index is 990. The van der Waals surface area contributed by atoms with E-state index in [1.165, 1.54) is 44.9 Å². The molecule has 3 fully saturated rings. The molecule has 1 saturated carbocycles. The van der Waals surface area contributed by atoms with Gasteiger partial charge in [-0.3, -0.25) is 4.79 Å². The van der Waals surface area contributed by atoms with Gasteiger partial charge in [0.15, 0.2) is 5.82 Å². The van der Waals surface area contributed by atoms with Gasteiger partial charge >= 0.3 is 0 Å². The number of piperidine rings is 1. The number of aromatic nitrogens is 2. The normalized spacial score (nSPS) is 22.8. The SMILES string of the molecule is CC.COCCC1CCN(c2nc3ccccc3n(C3CCN(C4CCCCCCC4)CC3)c2=O)C1. The fourth-order valence-corrected chi connectivity index (χ4v) is 6.56. The van der Waals surface area contributed by atoms with E-state index in [9.17, 15) is 4.79 Å². The summed E-state index contributed by atoms with van der Waals surface area (Å²) in [5.41, 5.74) is 2.05. The fraction of sp³-hybridized carbons (Fsp3) is 0.733. The maximum Gasteiger partial charge on any atom is 0.294 e. The largest absolute Gasteiger partial charge is 0.385 e. The van der Waals surface area contributed by atoms with Crippen LogP contribution in [0.15, 0.2) is 29.1 Å². The quantitative estimate of drug-likeness (QED) is 0.488. The summed E-state index contributed by atoms with van der Waals surface area (Å²) in [5.74, 6) is 1.23. The molecule has 0 bridgehead atoms. The summed E-state index contributed by atoms with van der Waals surface area (Å²) >= 11 is 0. The maximum atomic E-state index is 13.9. The average Bonchev–Trinajstić information content (AvgIpc) is 3.37. The molecule has 200 valence electrons. The highest BCUT2D eigenvalue weighted by molar-refractivity contribution is 5.76. The van der Waals surface area contributed by atoms with Gasteiger partial charge in [0.2, 0.25) is 0 Å². The summed E-state index contributed by atoms with van der Waals surface area (Å²) < 4.78 is 7.39. The number of ether oxygens (including phenoxy) is 1. The topological polar surface area (TPSA) is 50.6 Å². The molecule has 3 aliphatic rings. The van der Waals surface area contributed by atoms with Crippen molar-refractivity contribution in [2.75, 3.05) is 44.8 Å². The Kier molecular flexibility index (Phi) is 10.2. The van der Waals surface area contributed by atoms with E-state index in [1.54, 1.807) is 7.11 Å². The first kappa shape index (κ1) is 27.1. The van der Waals surface area contributed by atoms with Gasteiger partial charge in [-0.05, 0) is 56.6 Å². The van der Waals surface area contributed by atoms with Crippen molar-refractivity contribution in [3.8, 4) is 0 Å². The number of nitrogens with zero attached hydrogens (tertiary/aromatic N) is 4. The summed E-state index contributed by atoms with van der Waals surface area (Å²) in [7, 11) is 1.76. The smallest absolute Gasteiger partial charge is 0.294 e. The van der Waals surface area contributed by atoms with Crippen LogP contribution in [0, 0.1) is 5.92 Å². The monoisotopic (exact) mass is 496 g/mol. The molecular weight excluding hydrogens is 448 g/mol. The predicted octanol–water partition coefficient (Wildman–Crippen LogP) is 6.04. The third-order valence-corrected chi connectivity index (χ3v) is 8.55. The van der Waals surface area contributed by atoms with Crippen molar-refractivity contribution in [3.05, 3.63) is 34.6 Å². The first-order valence-electron chi connectivity index (χ1n) is 14.7. The molecule has 2 aromatic rings. The molecule has 2 aliphatic heterocycles. The van der Waals surface area contributed by atoms with Crippen LogP contribution in [0.2, 0.25) is 0 Å². The van der Waals surface area contributed by atoms with Crippen LogP contribution in [0.3, 0.4) is 0 Å². The third kappa shape index (κ3) is 6.31. The molecular formula is C30H48N4O2. The summed E-state index contributed by atoms with van der Waals surface area (Å²) in [6.45, 7) is 8.82. The molecule has 5 rings (SSSR count). The Hall–Kier alpha value is -1.92. The van der Waals surface area contributed by atoms with Gasteiger partial charge in [-0.2, -0.15) is 0 Å². The molecule has 36 heavy (non-hydrogen) atoms. The number of anilines is 1. The van der Waals surface area contributed by atoms with Gasteiger partial charge in [-0.1, -0.05) is 58.1 Å². The van der Waals surface area contributed by atoms with Crippen molar-refractivity contribution in [2.45, 2.75) is 96.6 Å². The molecule has 1 atom stereocenters. The Labute approximate surface area is 218 Å². The van der Waals surface area contributed by atoms with E-state index in [4.69, 9.17) is 9.72 Å². The van der Waals surface area contributed by atoms with E-state index < -0.39 is 0 Å². The third-order valence-electron chi connectivity index (χ3n) is 8.55. The number of rotatable bonds is 6. The lowest BCUT2D eigenvalue weighted by Gasteiger charge is -2.39. The van der Waals surface area contributed by atoms with E-state index in [2.05, 4.69) is 26.5 Å². The molecule has 6 heteroatoms. The number of hydrogen-bond acceptors (Lipinski definition) is 5. The van der Waals surface area contributed by atoms with Crippen LogP contribution in [0.5, 0.6) is 0 Å². The van der Waals surface area contributed by atoms with E-state index in [0.29, 0.717) is 11.7 Å². The minimum atomic E-state index is 0.107. The number of benzene rings is 1. The lowest BCUT2D eigenvalue weighted by Crippen LogP contribution is -2.44. The van der Waals surface area contributed by atoms with Crippen LogP contribution >= 0.6 is 0 Å². The highest BCUT2D eigenvalue weighted by atomic mass is 16.5. The van der Waals surface area contributed by atoms with Crippen molar-refractivity contribution >= 4 is 16.9 Å². The summed E-state index contributed by atoms with van der Waals surface area (Å²) in [4.78, 5) is 23.7. The molecule has 1 aromatic heterocycles. The zero-order chi connectivity index (χ0) is 25.3. The Morgan fingerprint density at radius 3 is 2.31 bits per heavy atom. The van der Waals surface area contributed by atoms with Gasteiger partial charge < -0.3 is 19.1 Å². The standard InChI is InChI=1S/C28H42N4O2.C2H6/c1-34-20-16-22-13-17-31(21-22)27-28(33)32(26-12-8-7-11-25(26)29-27)24-14-18-30(19-15-24)23-9-5-3-2-4-6-10-23;1-2/h7-8,11-12,22-24H,2-6,9-10,13-21H2,1H3;1-2H3. The van der Waals surface area contributed by atoms with E-state index in [0.717, 1.165) is 75.5 Å². The minimum Gasteiger partial charge on any atom is -0.385 e. The lowest BCUT2D eigenvalue weighted by molar-refractivity contribution is 0.116. The number of fused-ring (bicyclic) bond motifs is 1. The van der Waals surface area contributed by atoms with Gasteiger partial charge in [0.05, 0.1) is 11.0 Å². The van der Waals surface area contributed by atoms with Gasteiger partial charge in [0.25, 0.3) is 5.56 Å². The molecule has 1 unspecified atom stereocenters. The Balaban J connectivity index is 0.00000148. The molecule has 1 aliphatic carbocycles. The summed E-state index contributed by atoms with van der Waals surface area (Å²) in [6, 6.07) is 9.24. The van der Waals surface area contributed by atoms with E-state index >= 15 is 0 Å². The molecule has 0 amide bonds. The molecule has 0 radical (unpaired) electrons. The van der Waals surface area contributed by atoms with Crippen molar-refractivity contribution in [3.63, 3.8) is 0 Å². The van der Waals surface area contributed by atoms with E-state index in [1.807, 2.05) is 26.0 Å². The predicted molar refractivity (Wildman–Crippen MR) is 150 cm³/mol. The van der Waals surface area contributed by atoms with Crippen LogP contribution in [0.25, 0.3) is 11.0 Å². The highest BCUT2D eigenvalue weighted by Crippen LogP contribution is 2.31. The van der Waals surface area contributed by atoms with Gasteiger partial charge in [-0.15, -0.1) is 0 Å². The van der Waals surface area contributed by atoms with Gasteiger partial charge in [0.1, 0.15) is 0 Å². The van der Waals surface area contributed by atoms with Crippen LogP contribution in [0.1, 0.15) is 90.5 Å². The van der Waals surface area contributed by atoms with Crippen molar-refractivity contribution in [1.82, 2.24) is 14.5 Å². The molecule has 1 aromatic carbocycles. The lowest BCUT2D eigenvalue weighted by atomic mass is 9.93. The zero-order valence-electron chi connectivity index (χ0n) is 23.0. The van der Waals surface area contributed by atoms with E-state index in [-0.39, 0.29) is 11.6 Å². The number of hydrogen-bond donors (Lipinski definition) is 0. The molecule has 0 N–H and O–H groups in total. The van der Waals surface area contributed by atoms with Crippen molar-refractivity contribution in [2.24, 2.45) is 5.92 Å². The fourth-order valence-electron chi connectivity index (χ4n) is 6.56. The number of methoxy groups -OCH3 is 1. The second kappa shape index (κ2) is 13.6. The van der Waals surface area contributed by atoms with Crippen LogP contribution in [-0.2, 0) is 4.74 Å². The summed E-state index contributed by atoms with van der Waals surface area (Å²) in [5, 5.41) is 0. The first-order chi connectivity index (χ1) is 17.7. The number of likely N-dealkylation sites (tertiary alicyclic amines) is 1. The van der Waals surface area contributed by atoms with Gasteiger partial charge in [0, 0.05) is 52.0 Å². The van der Waals surface area contributed by atoms with Crippen LogP contribution in [-0.4, -0.2) is 60.4 Å². The molecule has 2 saturated heterocycles. The van der Waals surface area contributed by atoms with Crippen molar-refractivity contribution in [1.29, 1.82) is 0 Å². The van der Waals surface area contributed by atoms with Crippen LogP contribution in [0.4, 0.5) is 5.82 Å². The number of para-hydroxylation sites is 2. The zero-order valence-corrected chi connectivity index (χ0v) is 23.0. The molecule has 6 nitrogen and oxygen atoms in total. The molecule has 0 spiro atoms. The average molecular weight is 497 g/mol. The minimum absolute atomic E-state index is 0.107. The Morgan fingerprint density at radius 1 is 0.889 bits per heavy atom. The Morgan fingerprint density at radius 2 is 1.58 bits per heavy atom. The highest BCUT2D eigenvalue weighted by Gasteiger charge is 2.30. The second-order valence-electron chi connectivity index (χ2n) is 10.7. The first-order valence-corrected chi connectivity index (χ1v) is 14.7. The van der Waals surface area contributed by atoms with Crippen LogP contribution < -0.4 is 10.5 Å². The second-order valence-corrected chi connectivity index (χ2v) is 10.7. The maximum absolute atomic E-state index is 13.9. The molecule has 3 heterocycles. The summed E-state index contributed by atoms with van der Waals surface area (Å²) in [6.07, 6.45) is 13.9. The van der Waals surface area contributed by atoms with Gasteiger partial charge in [-0.25, -0.2) is 4.98 Å². The van der Waals surface area contributed by atoms with Crippen molar-refractivity contribution < 1.29 is 4.74 Å².